The first-order chi connectivity index (χ1) is 10.7. The second kappa shape index (κ2) is 5.34. The van der Waals surface area contributed by atoms with Gasteiger partial charge in [-0.1, -0.05) is 12.8 Å². The molecule has 0 amide bonds. The van der Waals surface area contributed by atoms with Crippen LogP contribution < -0.4 is 0 Å². The van der Waals surface area contributed by atoms with Crippen molar-refractivity contribution in [2.45, 2.75) is 64.0 Å². The molecule has 1 spiro atoms. The summed E-state index contributed by atoms with van der Waals surface area (Å²) < 4.78 is 0. The Balaban J connectivity index is 1.48. The van der Waals surface area contributed by atoms with E-state index < -0.39 is 5.97 Å². The zero-order valence-electron chi connectivity index (χ0n) is 13.1. The molecule has 1 aromatic heterocycles. The third-order valence-corrected chi connectivity index (χ3v) is 6.17. The van der Waals surface area contributed by atoms with Crippen molar-refractivity contribution < 1.29 is 9.90 Å². The predicted molar refractivity (Wildman–Crippen MR) is 83.9 cm³/mol. The zero-order valence-corrected chi connectivity index (χ0v) is 13.1. The van der Waals surface area contributed by atoms with E-state index in [1.54, 1.807) is 0 Å². The summed E-state index contributed by atoms with van der Waals surface area (Å²) in [6.07, 6.45) is 12.3. The lowest BCUT2D eigenvalue weighted by Gasteiger charge is -2.50. The fraction of sp³-hybridized carbons (Fsp3) is 0.667. The summed E-state index contributed by atoms with van der Waals surface area (Å²) in [5.74, 6) is -0.878. The Morgan fingerprint density at radius 1 is 1.32 bits per heavy atom. The number of aromatic nitrogens is 1. The van der Waals surface area contributed by atoms with Crippen LogP contribution in [0.5, 0.6) is 0 Å². The van der Waals surface area contributed by atoms with E-state index in [0.29, 0.717) is 17.0 Å². The van der Waals surface area contributed by atoms with Gasteiger partial charge in [-0.3, -0.25) is 9.88 Å². The summed E-state index contributed by atoms with van der Waals surface area (Å²) in [6.45, 7) is 1.95. The fourth-order valence-corrected chi connectivity index (χ4v) is 4.72. The molecular formula is C18H24N2O2. The van der Waals surface area contributed by atoms with Gasteiger partial charge in [-0.15, -0.1) is 0 Å². The van der Waals surface area contributed by atoms with Gasteiger partial charge in [-0.2, -0.15) is 0 Å². The van der Waals surface area contributed by atoms with E-state index in [1.807, 2.05) is 6.07 Å². The molecule has 0 bridgehead atoms. The van der Waals surface area contributed by atoms with Gasteiger partial charge in [0.25, 0.3) is 0 Å². The van der Waals surface area contributed by atoms with Crippen LogP contribution in [0.15, 0.2) is 12.3 Å². The highest BCUT2D eigenvalue weighted by Crippen LogP contribution is 2.52. The van der Waals surface area contributed by atoms with Gasteiger partial charge < -0.3 is 5.11 Å². The monoisotopic (exact) mass is 300 g/mol. The maximum atomic E-state index is 11.1. The molecule has 118 valence electrons. The number of fused-ring (bicyclic) bond motifs is 1. The highest BCUT2D eigenvalue weighted by atomic mass is 16.4. The van der Waals surface area contributed by atoms with Crippen molar-refractivity contribution in [3.63, 3.8) is 0 Å². The summed E-state index contributed by atoms with van der Waals surface area (Å²) in [6, 6.07) is 2.53. The zero-order chi connectivity index (χ0) is 15.2. The predicted octanol–water partition coefficient (Wildman–Crippen LogP) is 3.25. The summed E-state index contributed by atoms with van der Waals surface area (Å²) in [5, 5.41) is 9.08. The van der Waals surface area contributed by atoms with E-state index in [-0.39, 0.29) is 0 Å². The van der Waals surface area contributed by atoms with Crippen LogP contribution >= 0.6 is 0 Å². The molecule has 1 aliphatic heterocycles. The molecule has 2 saturated carbocycles. The number of hydrogen-bond acceptors (Lipinski definition) is 3. The number of carbonyl (C=O) groups is 1. The lowest BCUT2D eigenvalue weighted by molar-refractivity contribution is 0.0115. The molecule has 22 heavy (non-hydrogen) atoms. The number of pyridine rings is 1. The van der Waals surface area contributed by atoms with Crippen molar-refractivity contribution in [1.29, 1.82) is 0 Å². The average molecular weight is 300 g/mol. The number of carboxylic acids is 1. The van der Waals surface area contributed by atoms with E-state index in [9.17, 15) is 4.79 Å². The Morgan fingerprint density at radius 2 is 2.14 bits per heavy atom. The Morgan fingerprint density at radius 3 is 2.86 bits per heavy atom. The van der Waals surface area contributed by atoms with E-state index in [4.69, 9.17) is 5.11 Å². The van der Waals surface area contributed by atoms with Gasteiger partial charge in [0.05, 0.1) is 11.3 Å². The third-order valence-electron chi connectivity index (χ3n) is 6.17. The molecule has 2 heterocycles. The number of carboxylic acid groups (broad SMARTS) is 1. The normalized spacial score (nSPS) is 27.2. The molecule has 2 fully saturated rings. The minimum Gasteiger partial charge on any atom is -0.478 e. The van der Waals surface area contributed by atoms with Crippen LogP contribution in [0.25, 0.3) is 0 Å². The van der Waals surface area contributed by atoms with Crippen LogP contribution in [0, 0.1) is 5.41 Å². The summed E-state index contributed by atoms with van der Waals surface area (Å²) in [7, 11) is 0. The molecule has 4 rings (SSSR count). The second-order valence-corrected chi connectivity index (χ2v) is 7.46. The molecule has 1 N–H and O–H groups in total. The highest BCUT2D eigenvalue weighted by Gasteiger charge is 2.42. The molecule has 0 aromatic carbocycles. The fourth-order valence-electron chi connectivity index (χ4n) is 4.72. The van der Waals surface area contributed by atoms with Crippen LogP contribution in [0.3, 0.4) is 0 Å². The lowest BCUT2D eigenvalue weighted by atomic mass is 9.59. The first-order valence-electron chi connectivity index (χ1n) is 8.60. The Bertz CT molecular complexity index is 595. The molecule has 4 heteroatoms. The highest BCUT2D eigenvalue weighted by molar-refractivity contribution is 5.87. The van der Waals surface area contributed by atoms with E-state index >= 15 is 0 Å². The van der Waals surface area contributed by atoms with Crippen molar-refractivity contribution in [2.24, 2.45) is 5.41 Å². The first kappa shape index (κ1) is 14.2. The molecule has 1 aromatic rings. The summed E-state index contributed by atoms with van der Waals surface area (Å²) in [4.78, 5) is 18.1. The molecule has 0 unspecified atom stereocenters. The van der Waals surface area contributed by atoms with E-state index in [1.165, 1.54) is 51.1 Å². The maximum absolute atomic E-state index is 11.1. The van der Waals surface area contributed by atoms with Gasteiger partial charge in [-0.25, -0.2) is 4.79 Å². The standard InChI is InChI=1S/C18H24N2O2/c21-17(22)14-9-13-4-8-20(12-16(13)19-11-14)15-3-1-5-18(10-15)6-2-7-18/h9,11,15H,1-8,10,12H2,(H,21,22)/t15-/m1/s1. The molecule has 0 radical (unpaired) electrons. The van der Waals surface area contributed by atoms with Gasteiger partial charge in [0.15, 0.2) is 0 Å². The van der Waals surface area contributed by atoms with Crippen LogP contribution in [0.4, 0.5) is 0 Å². The largest absolute Gasteiger partial charge is 0.478 e. The Kier molecular flexibility index (Phi) is 3.44. The SMILES string of the molecule is O=C(O)c1cnc2c(c1)CCN([C@@H]1CCCC3(CCC3)C1)C2. The van der Waals surface area contributed by atoms with E-state index in [2.05, 4.69) is 9.88 Å². The van der Waals surface area contributed by atoms with Gasteiger partial charge in [-0.05, 0) is 55.6 Å². The van der Waals surface area contributed by atoms with Crippen molar-refractivity contribution in [3.8, 4) is 0 Å². The average Bonchev–Trinajstić information content (AvgIpc) is 2.52. The Hall–Kier alpha value is -1.42. The quantitative estimate of drug-likeness (QED) is 0.911. The van der Waals surface area contributed by atoms with Crippen LogP contribution in [0.1, 0.15) is 66.6 Å². The number of rotatable bonds is 2. The maximum Gasteiger partial charge on any atom is 0.337 e. The number of nitrogens with zero attached hydrogens (tertiary/aromatic N) is 2. The minimum absolute atomic E-state index is 0.318. The van der Waals surface area contributed by atoms with Crippen LogP contribution in [0.2, 0.25) is 0 Å². The lowest BCUT2D eigenvalue weighted by Crippen LogP contribution is -2.47. The third kappa shape index (κ3) is 2.43. The number of aromatic carboxylic acids is 1. The van der Waals surface area contributed by atoms with Crippen LogP contribution in [-0.4, -0.2) is 33.5 Å². The smallest absolute Gasteiger partial charge is 0.337 e. The van der Waals surface area contributed by atoms with Gasteiger partial charge in [0.2, 0.25) is 0 Å². The van der Waals surface area contributed by atoms with E-state index in [0.717, 1.165) is 30.8 Å². The van der Waals surface area contributed by atoms with Crippen molar-refractivity contribution >= 4 is 5.97 Å². The van der Waals surface area contributed by atoms with Gasteiger partial charge in [0.1, 0.15) is 0 Å². The van der Waals surface area contributed by atoms with Gasteiger partial charge in [0, 0.05) is 25.3 Å². The topological polar surface area (TPSA) is 53.4 Å². The number of hydrogen-bond donors (Lipinski definition) is 1. The summed E-state index contributed by atoms with van der Waals surface area (Å²) in [5.41, 5.74) is 3.21. The first-order valence-corrected chi connectivity index (χ1v) is 8.60. The molecule has 3 aliphatic rings. The van der Waals surface area contributed by atoms with Crippen molar-refractivity contribution in [1.82, 2.24) is 9.88 Å². The Labute approximate surface area is 131 Å². The van der Waals surface area contributed by atoms with Crippen molar-refractivity contribution in [2.75, 3.05) is 6.54 Å². The molecule has 2 aliphatic carbocycles. The molecule has 4 nitrogen and oxygen atoms in total. The molecular weight excluding hydrogens is 276 g/mol. The molecule has 0 saturated heterocycles. The molecule has 1 atom stereocenters. The van der Waals surface area contributed by atoms with Gasteiger partial charge >= 0.3 is 5.97 Å². The van der Waals surface area contributed by atoms with Crippen LogP contribution in [-0.2, 0) is 13.0 Å². The summed E-state index contributed by atoms with van der Waals surface area (Å²) >= 11 is 0. The van der Waals surface area contributed by atoms with Crippen molar-refractivity contribution in [3.05, 3.63) is 29.1 Å². The minimum atomic E-state index is -0.878. The second-order valence-electron chi connectivity index (χ2n) is 7.46.